The van der Waals surface area contributed by atoms with Gasteiger partial charge in [0.25, 0.3) is 0 Å². The summed E-state index contributed by atoms with van der Waals surface area (Å²) in [6, 6.07) is 12.4. The maximum Gasteiger partial charge on any atom is 0.191 e. The number of ether oxygens (including phenoxy) is 1. The molecule has 1 atom stereocenters. The number of guanidine groups is 1. The highest BCUT2D eigenvalue weighted by atomic mass is 127. The molecule has 0 amide bonds. The second kappa shape index (κ2) is 12.3. The Morgan fingerprint density at radius 2 is 2.11 bits per heavy atom. The summed E-state index contributed by atoms with van der Waals surface area (Å²) < 4.78 is 5.42. The molecule has 154 valence electrons. The van der Waals surface area contributed by atoms with Crippen LogP contribution in [0.3, 0.4) is 0 Å². The van der Waals surface area contributed by atoms with Gasteiger partial charge < -0.3 is 15.4 Å². The highest BCUT2D eigenvalue weighted by Gasteiger charge is 2.20. The van der Waals surface area contributed by atoms with E-state index in [9.17, 15) is 0 Å². The Bertz CT molecular complexity index is 723. The van der Waals surface area contributed by atoms with E-state index in [1.807, 2.05) is 36.6 Å². The second-order valence-electron chi connectivity index (χ2n) is 6.94. The molecule has 3 rings (SSSR count). The third kappa shape index (κ3) is 6.93. The molecule has 0 radical (unpaired) electrons. The lowest BCUT2D eigenvalue weighted by molar-refractivity contribution is 0.169. The van der Waals surface area contributed by atoms with E-state index in [0.717, 1.165) is 36.9 Å². The first-order valence-corrected chi connectivity index (χ1v) is 10.5. The van der Waals surface area contributed by atoms with E-state index in [1.54, 1.807) is 7.11 Å². The molecule has 1 aliphatic heterocycles. The van der Waals surface area contributed by atoms with E-state index in [-0.39, 0.29) is 24.0 Å². The van der Waals surface area contributed by atoms with Gasteiger partial charge in [0, 0.05) is 43.7 Å². The van der Waals surface area contributed by atoms with Crippen LogP contribution in [0.2, 0.25) is 0 Å². The van der Waals surface area contributed by atoms with E-state index < -0.39 is 0 Å². The number of aliphatic imine (C=N–C) groups is 1. The van der Waals surface area contributed by atoms with E-state index in [1.165, 1.54) is 24.3 Å². The van der Waals surface area contributed by atoms with Crippen molar-refractivity contribution in [1.82, 2.24) is 15.5 Å². The topological polar surface area (TPSA) is 48.9 Å². The lowest BCUT2D eigenvalue weighted by Crippen LogP contribution is -2.44. The molecule has 2 heterocycles. The smallest absolute Gasteiger partial charge is 0.191 e. The summed E-state index contributed by atoms with van der Waals surface area (Å²) in [6.45, 7) is 5.07. The van der Waals surface area contributed by atoms with Crippen molar-refractivity contribution in [3.63, 3.8) is 0 Å². The number of rotatable bonds is 7. The maximum absolute atomic E-state index is 5.42. The number of thiophene rings is 1. The fraction of sp³-hybridized carbons (Fsp3) is 0.476. The van der Waals surface area contributed by atoms with Crippen molar-refractivity contribution in [2.45, 2.75) is 25.9 Å². The lowest BCUT2D eigenvalue weighted by Gasteiger charge is -2.32. The van der Waals surface area contributed by atoms with Crippen molar-refractivity contribution < 1.29 is 4.74 Å². The number of benzene rings is 1. The molecule has 5 nitrogen and oxygen atoms in total. The molecule has 0 spiro atoms. The number of nitrogens with one attached hydrogen (secondary N) is 2. The third-order valence-electron chi connectivity index (χ3n) is 4.98. The van der Waals surface area contributed by atoms with Crippen LogP contribution in [0, 0.1) is 5.92 Å². The van der Waals surface area contributed by atoms with Gasteiger partial charge in [-0.1, -0.05) is 24.3 Å². The maximum atomic E-state index is 5.42. The summed E-state index contributed by atoms with van der Waals surface area (Å²) in [5, 5.41) is 9.06. The average Bonchev–Trinajstić information content (AvgIpc) is 3.21. The molecule has 1 aromatic heterocycles. The van der Waals surface area contributed by atoms with E-state index in [0.29, 0.717) is 12.5 Å². The highest BCUT2D eigenvalue weighted by Crippen LogP contribution is 2.20. The van der Waals surface area contributed by atoms with Crippen LogP contribution in [0.5, 0.6) is 5.75 Å². The number of hydrogen-bond donors (Lipinski definition) is 2. The van der Waals surface area contributed by atoms with Gasteiger partial charge in [-0.15, -0.1) is 35.3 Å². The summed E-state index contributed by atoms with van der Waals surface area (Å²) in [5.74, 6) is 2.40. The van der Waals surface area contributed by atoms with Crippen LogP contribution >= 0.6 is 35.3 Å². The molecular formula is C21H31IN4OS. The van der Waals surface area contributed by atoms with Crippen LogP contribution in [0.25, 0.3) is 0 Å². The zero-order chi connectivity index (χ0) is 18.9. The molecular weight excluding hydrogens is 483 g/mol. The molecule has 0 bridgehead atoms. The Hall–Kier alpha value is -1.32. The molecule has 0 saturated carbocycles. The summed E-state index contributed by atoms with van der Waals surface area (Å²) in [6.07, 6.45) is 2.54. The summed E-state index contributed by atoms with van der Waals surface area (Å²) in [5.41, 5.74) is 1.13. The van der Waals surface area contributed by atoms with Crippen LogP contribution in [-0.2, 0) is 13.1 Å². The number of halogens is 1. The molecule has 1 aromatic carbocycles. The van der Waals surface area contributed by atoms with Crippen molar-refractivity contribution in [2.24, 2.45) is 10.9 Å². The number of methoxy groups -OCH3 is 1. The fourth-order valence-corrected chi connectivity index (χ4v) is 4.32. The predicted octanol–water partition coefficient (Wildman–Crippen LogP) is 3.95. The Morgan fingerprint density at radius 1 is 1.25 bits per heavy atom. The molecule has 1 fully saturated rings. The number of hydrogen-bond acceptors (Lipinski definition) is 4. The SMILES string of the molecule is CN=C(NCc1ccccc1OC)NCC1CCCN(Cc2cccs2)C1.I. The second-order valence-corrected chi connectivity index (χ2v) is 7.97. The fourth-order valence-electron chi connectivity index (χ4n) is 3.57. The average molecular weight is 514 g/mol. The highest BCUT2D eigenvalue weighted by molar-refractivity contribution is 14.0. The first-order chi connectivity index (χ1) is 13.3. The standard InChI is InChI=1S/C21H30N4OS.HI/c1-22-21(24-14-18-8-3-4-10-20(18)26-2)23-13-17-7-5-11-25(15-17)16-19-9-6-12-27-19;/h3-4,6,8-10,12,17H,5,7,11,13-16H2,1-2H3,(H2,22,23,24);1H. The van der Waals surface area contributed by atoms with Crippen LogP contribution in [-0.4, -0.2) is 44.7 Å². The summed E-state index contributed by atoms with van der Waals surface area (Å²) in [7, 11) is 3.53. The van der Waals surface area contributed by atoms with Crippen molar-refractivity contribution in [3.05, 3.63) is 52.2 Å². The minimum Gasteiger partial charge on any atom is -0.496 e. The van der Waals surface area contributed by atoms with E-state index >= 15 is 0 Å². The van der Waals surface area contributed by atoms with Crippen molar-refractivity contribution in [3.8, 4) is 5.75 Å². The molecule has 28 heavy (non-hydrogen) atoms. The van der Waals surface area contributed by atoms with Crippen LogP contribution < -0.4 is 15.4 Å². The van der Waals surface area contributed by atoms with Gasteiger partial charge in [0.2, 0.25) is 0 Å². The van der Waals surface area contributed by atoms with Crippen LogP contribution in [0.4, 0.5) is 0 Å². The van der Waals surface area contributed by atoms with Crippen LogP contribution in [0.1, 0.15) is 23.3 Å². The molecule has 1 saturated heterocycles. The molecule has 2 N–H and O–H groups in total. The quantitative estimate of drug-likeness (QED) is 0.334. The normalized spacial score (nSPS) is 17.6. The molecule has 7 heteroatoms. The third-order valence-corrected chi connectivity index (χ3v) is 5.84. The number of piperidine rings is 1. The monoisotopic (exact) mass is 514 g/mol. The molecule has 1 aliphatic rings. The van der Waals surface area contributed by atoms with Gasteiger partial charge >= 0.3 is 0 Å². The molecule has 1 unspecified atom stereocenters. The van der Waals surface area contributed by atoms with Gasteiger partial charge in [-0.05, 0) is 42.8 Å². The lowest BCUT2D eigenvalue weighted by atomic mass is 9.98. The van der Waals surface area contributed by atoms with Crippen molar-refractivity contribution in [1.29, 1.82) is 0 Å². The van der Waals surface area contributed by atoms with Crippen LogP contribution in [0.15, 0.2) is 46.8 Å². The zero-order valence-corrected chi connectivity index (χ0v) is 19.8. The Morgan fingerprint density at radius 3 is 2.86 bits per heavy atom. The molecule has 2 aromatic rings. The Balaban J connectivity index is 0.00000280. The van der Waals surface area contributed by atoms with E-state index in [4.69, 9.17) is 4.74 Å². The van der Waals surface area contributed by atoms with Gasteiger partial charge in [0.15, 0.2) is 5.96 Å². The van der Waals surface area contributed by atoms with Gasteiger partial charge in [0.05, 0.1) is 7.11 Å². The number of likely N-dealkylation sites (tertiary alicyclic amines) is 1. The number of nitrogens with zero attached hydrogens (tertiary/aromatic N) is 2. The van der Waals surface area contributed by atoms with E-state index in [2.05, 4.69) is 44.1 Å². The largest absolute Gasteiger partial charge is 0.496 e. The Labute approximate surface area is 189 Å². The number of para-hydroxylation sites is 1. The van der Waals surface area contributed by atoms with Gasteiger partial charge in [-0.2, -0.15) is 0 Å². The summed E-state index contributed by atoms with van der Waals surface area (Å²) in [4.78, 5) is 8.40. The summed E-state index contributed by atoms with van der Waals surface area (Å²) >= 11 is 1.85. The first-order valence-electron chi connectivity index (χ1n) is 9.59. The van der Waals surface area contributed by atoms with Gasteiger partial charge in [0.1, 0.15) is 5.75 Å². The predicted molar refractivity (Wildman–Crippen MR) is 129 cm³/mol. The van der Waals surface area contributed by atoms with Crippen molar-refractivity contribution >= 4 is 41.3 Å². The van der Waals surface area contributed by atoms with Crippen molar-refractivity contribution in [2.75, 3.05) is 33.8 Å². The minimum absolute atomic E-state index is 0. The minimum atomic E-state index is 0. The van der Waals surface area contributed by atoms with Gasteiger partial charge in [-0.3, -0.25) is 9.89 Å². The van der Waals surface area contributed by atoms with Gasteiger partial charge in [-0.25, -0.2) is 0 Å². The zero-order valence-electron chi connectivity index (χ0n) is 16.7. The Kier molecular flexibility index (Phi) is 10.1. The first kappa shape index (κ1) is 23.0. The molecule has 0 aliphatic carbocycles.